The Morgan fingerprint density at radius 2 is 0.889 bits per heavy atom. The molecule has 2 aliphatic rings. The molecule has 0 heterocycles. The van der Waals surface area contributed by atoms with Gasteiger partial charge in [0.05, 0.1) is 11.9 Å². The number of hydrogen-bond donors (Lipinski definition) is 0. The van der Waals surface area contributed by atoms with Gasteiger partial charge in [0.1, 0.15) is 0 Å². The van der Waals surface area contributed by atoms with Crippen LogP contribution in [-0.2, 0) is 38.9 Å². The van der Waals surface area contributed by atoms with Crippen LogP contribution in [0.4, 0.5) is 0 Å². The van der Waals surface area contributed by atoms with Crippen molar-refractivity contribution in [3.63, 3.8) is 0 Å². The van der Waals surface area contributed by atoms with Gasteiger partial charge in [-0.25, -0.2) is 24.3 Å². The summed E-state index contributed by atoms with van der Waals surface area (Å²) in [6.07, 6.45) is 13.2. The van der Waals surface area contributed by atoms with Crippen LogP contribution >= 0.6 is 0 Å². The molecule has 0 N–H and O–H groups in total. The molecule has 4 rings (SSSR count). The van der Waals surface area contributed by atoms with Crippen molar-refractivity contribution >= 4 is 0 Å². The fourth-order valence-electron chi connectivity index (χ4n) is 1.86. The molecule has 0 saturated carbocycles. The van der Waals surface area contributed by atoms with Crippen LogP contribution in [0.2, 0.25) is 0 Å². The third-order valence-corrected chi connectivity index (χ3v) is 3.09. The van der Waals surface area contributed by atoms with E-state index < -0.39 is 11.9 Å². The fourth-order valence-corrected chi connectivity index (χ4v) is 1.86. The molecule has 0 amide bonds. The summed E-state index contributed by atoms with van der Waals surface area (Å²) in [6.45, 7) is 0. The summed E-state index contributed by atoms with van der Waals surface area (Å²) in [4.78, 5) is 0. The van der Waals surface area contributed by atoms with Crippen LogP contribution in [0.5, 0.6) is 0 Å². The van der Waals surface area contributed by atoms with E-state index in [1.54, 1.807) is 48.6 Å². The Morgan fingerprint density at radius 1 is 0.593 bits per heavy atom. The van der Waals surface area contributed by atoms with E-state index in [1.165, 1.54) is 0 Å². The SMILES string of the molecule is [Fe+2].[Fe+2].[O-]C(OC([O-])=C1C=CC=C1)=C1C=CC=C1.c1cc[cH-]c1.c1cc[cH-]c1. The minimum absolute atomic E-state index is 0. The van der Waals surface area contributed by atoms with Crippen molar-refractivity contribution in [2.45, 2.75) is 0 Å². The van der Waals surface area contributed by atoms with Gasteiger partial charge in [-0.2, -0.15) is 36.4 Å². The average Bonchev–Trinajstić information content (AvgIpc) is 3.48. The molecule has 0 fully saturated rings. The normalized spacial score (nSPS) is 12.1. The molecule has 5 heteroatoms. The van der Waals surface area contributed by atoms with Crippen molar-refractivity contribution < 1.29 is 49.1 Å². The van der Waals surface area contributed by atoms with E-state index in [9.17, 15) is 10.2 Å². The maximum absolute atomic E-state index is 11.4. The Bertz CT molecular complexity index is 660. The standard InChI is InChI=1S/C12H10O3.2C5H5.2Fe/c13-11(9-5-1-2-6-9)15-12(14)10-7-3-4-8-10;2*1-2-4-5-3-1;;/h1-8,13-14H;2*1-5H;;/q;2*-1;2*+2/p-2. The zero-order valence-corrected chi connectivity index (χ0v) is 16.5. The van der Waals surface area contributed by atoms with Crippen LogP contribution < -0.4 is 10.2 Å². The molecule has 0 spiro atoms. The summed E-state index contributed by atoms with van der Waals surface area (Å²) in [5.41, 5.74) is 0.768. The molecular formula is C22H18Fe2O3. The summed E-state index contributed by atoms with van der Waals surface area (Å²) in [5, 5.41) is 22.7. The zero-order valence-electron chi connectivity index (χ0n) is 14.3. The second kappa shape index (κ2) is 14.7. The van der Waals surface area contributed by atoms with Crippen molar-refractivity contribution in [2.24, 2.45) is 0 Å². The minimum atomic E-state index is -0.619. The maximum atomic E-state index is 11.4. The van der Waals surface area contributed by atoms with Crippen LogP contribution in [0.15, 0.2) is 132 Å². The van der Waals surface area contributed by atoms with Gasteiger partial charge in [0, 0.05) is 0 Å². The number of rotatable bonds is 2. The molecule has 2 aliphatic carbocycles. The van der Waals surface area contributed by atoms with E-state index in [1.807, 2.05) is 60.7 Å². The van der Waals surface area contributed by atoms with Crippen molar-refractivity contribution in [2.75, 3.05) is 0 Å². The monoisotopic (exact) mass is 442 g/mol. The third-order valence-electron chi connectivity index (χ3n) is 3.09. The van der Waals surface area contributed by atoms with Gasteiger partial charge >= 0.3 is 34.1 Å². The maximum Gasteiger partial charge on any atom is 2.00 e. The summed E-state index contributed by atoms with van der Waals surface area (Å²) in [6, 6.07) is 20.0. The Labute approximate surface area is 181 Å². The number of allylic oxidation sites excluding steroid dienone is 10. The molecule has 27 heavy (non-hydrogen) atoms. The van der Waals surface area contributed by atoms with E-state index in [2.05, 4.69) is 4.74 Å². The molecule has 0 aliphatic heterocycles. The average molecular weight is 442 g/mol. The van der Waals surface area contributed by atoms with E-state index >= 15 is 0 Å². The molecule has 0 aromatic heterocycles. The van der Waals surface area contributed by atoms with Gasteiger partial charge in [-0.05, 0) is 11.1 Å². The molecule has 140 valence electrons. The molecule has 0 radical (unpaired) electrons. The Hall–Kier alpha value is -2.42. The largest absolute Gasteiger partial charge is 2.00 e. The van der Waals surface area contributed by atoms with Gasteiger partial charge in [-0.15, -0.1) is 0 Å². The second-order valence-electron chi connectivity index (χ2n) is 4.95. The quantitative estimate of drug-likeness (QED) is 0.408. The van der Waals surface area contributed by atoms with Gasteiger partial charge in [0.15, 0.2) is 0 Å². The van der Waals surface area contributed by atoms with Crippen molar-refractivity contribution in [1.29, 1.82) is 0 Å². The first-order chi connectivity index (χ1) is 12.3. The van der Waals surface area contributed by atoms with E-state index in [4.69, 9.17) is 0 Å². The smallest absolute Gasteiger partial charge is 0.571 e. The van der Waals surface area contributed by atoms with Crippen LogP contribution in [0.3, 0.4) is 0 Å². The topological polar surface area (TPSA) is 55.3 Å². The summed E-state index contributed by atoms with van der Waals surface area (Å²) < 4.78 is 4.66. The summed E-state index contributed by atoms with van der Waals surface area (Å²) in [7, 11) is 0. The molecule has 0 bridgehead atoms. The fraction of sp³-hybridized carbons (Fsp3) is 0. The van der Waals surface area contributed by atoms with Gasteiger partial charge < -0.3 is 14.9 Å². The van der Waals surface area contributed by atoms with Crippen molar-refractivity contribution in [1.82, 2.24) is 0 Å². The Balaban J connectivity index is 0.000000465. The first-order valence-corrected chi connectivity index (χ1v) is 7.80. The van der Waals surface area contributed by atoms with Crippen LogP contribution in [0.25, 0.3) is 0 Å². The molecule has 0 atom stereocenters. The van der Waals surface area contributed by atoms with Crippen molar-refractivity contribution in [3.8, 4) is 0 Å². The first kappa shape index (κ1) is 24.6. The zero-order chi connectivity index (χ0) is 17.7. The van der Waals surface area contributed by atoms with E-state index in [0.29, 0.717) is 11.1 Å². The molecule has 0 saturated heterocycles. The van der Waals surface area contributed by atoms with Crippen LogP contribution in [0, 0.1) is 0 Å². The summed E-state index contributed by atoms with van der Waals surface area (Å²) in [5.74, 6) is -1.24. The third kappa shape index (κ3) is 9.74. The van der Waals surface area contributed by atoms with Gasteiger partial charge in [-0.1, -0.05) is 48.6 Å². The van der Waals surface area contributed by atoms with E-state index in [0.717, 1.165) is 0 Å². The predicted octanol–water partition coefficient (Wildman–Crippen LogP) is 3.20. The van der Waals surface area contributed by atoms with Gasteiger partial charge in [0.25, 0.3) is 0 Å². The first-order valence-electron chi connectivity index (χ1n) is 7.80. The molecule has 2 aromatic rings. The van der Waals surface area contributed by atoms with E-state index in [-0.39, 0.29) is 34.1 Å². The molecular weight excluding hydrogens is 424 g/mol. The molecule has 3 nitrogen and oxygen atoms in total. The molecule has 0 unspecified atom stereocenters. The van der Waals surface area contributed by atoms with Gasteiger partial charge in [0.2, 0.25) is 0 Å². The van der Waals surface area contributed by atoms with Gasteiger partial charge in [-0.3, -0.25) is 0 Å². The van der Waals surface area contributed by atoms with Crippen molar-refractivity contribution in [3.05, 3.63) is 132 Å². The summed E-state index contributed by atoms with van der Waals surface area (Å²) >= 11 is 0. The Morgan fingerprint density at radius 3 is 1.11 bits per heavy atom. The predicted molar refractivity (Wildman–Crippen MR) is 95.8 cm³/mol. The number of ether oxygens (including phenoxy) is 1. The molecule has 2 aromatic carbocycles. The second-order valence-corrected chi connectivity index (χ2v) is 4.95. The number of hydrogen-bond acceptors (Lipinski definition) is 3. The Kier molecular flexibility index (Phi) is 13.4. The van der Waals surface area contributed by atoms with Crippen LogP contribution in [0.1, 0.15) is 0 Å². The van der Waals surface area contributed by atoms with Crippen LogP contribution in [-0.4, -0.2) is 0 Å². The minimum Gasteiger partial charge on any atom is -0.571 e.